The molecule has 0 aromatic heterocycles. The molecule has 1 saturated heterocycles. The molecule has 0 aliphatic carbocycles. The Morgan fingerprint density at radius 3 is 2.53 bits per heavy atom. The van der Waals surface area contributed by atoms with E-state index in [1.807, 2.05) is 24.0 Å². The van der Waals surface area contributed by atoms with Gasteiger partial charge in [-0.1, -0.05) is 31.5 Å². The normalized spacial score (nSPS) is 23.3. The monoisotopic (exact) mass is 280 g/mol. The maximum atomic E-state index is 12.2. The second-order valence-electron chi connectivity index (χ2n) is 5.75. The van der Waals surface area contributed by atoms with Gasteiger partial charge in [-0.05, 0) is 42.9 Å². The van der Waals surface area contributed by atoms with Gasteiger partial charge < -0.3 is 10.2 Å². The van der Waals surface area contributed by atoms with Gasteiger partial charge in [-0.3, -0.25) is 0 Å². The Balaban J connectivity index is 2.02. The number of hydrogen-bond donors (Lipinski definition) is 1. The average Bonchev–Trinajstić information content (AvgIpc) is 2.32. The van der Waals surface area contributed by atoms with Crippen molar-refractivity contribution < 1.29 is 4.79 Å². The lowest BCUT2D eigenvalue weighted by atomic mass is 9.92. The Morgan fingerprint density at radius 2 is 1.95 bits per heavy atom. The van der Waals surface area contributed by atoms with Crippen LogP contribution in [0, 0.1) is 18.8 Å². The number of carbonyl (C=O) groups excluding carboxylic acids is 1. The van der Waals surface area contributed by atoms with Gasteiger partial charge in [0, 0.05) is 23.8 Å². The molecule has 0 saturated carbocycles. The number of amides is 2. The van der Waals surface area contributed by atoms with E-state index >= 15 is 0 Å². The summed E-state index contributed by atoms with van der Waals surface area (Å²) >= 11 is 6.06. The molecule has 1 aliphatic rings. The van der Waals surface area contributed by atoms with Crippen LogP contribution in [0.5, 0.6) is 0 Å². The topological polar surface area (TPSA) is 32.3 Å². The van der Waals surface area contributed by atoms with E-state index in [0.717, 1.165) is 24.3 Å². The first-order valence-electron chi connectivity index (χ1n) is 6.77. The molecule has 1 fully saturated rings. The van der Waals surface area contributed by atoms with Crippen LogP contribution in [0.15, 0.2) is 18.2 Å². The molecular formula is C15H21ClN2O. The predicted octanol–water partition coefficient (Wildman–Crippen LogP) is 4.16. The fourth-order valence-electron chi connectivity index (χ4n) is 2.70. The zero-order valence-electron chi connectivity index (χ0n) is 11.7. The number of nitrogens with one attached hydrogen (secondary N) is 1. The minimum absolute atomic E-state index is 0.0293. The number of nitrogens with zero attached hydrogens (tertiary/aromatic N) is 1. The van der Waals surface area contributed by atoms with E-state index in [0.29, 0.717) is 16.9 Å². The van der Waals surface area contributed by atoms with Crippen molar-refractivity contribution in [2.45, 2.75) is 27.2 Å². The van der Waals surface area contributed by atoms with Crippen molar-refractivity contribution in [2.75, 3.05) is 18.4 Å². The molecule has 1 heterocycles. The van der Waals surface area contributed by atoms with Crippen LogP contribution < -0.4 is 5.32 Å². The molecule has 0 spiro atoms. The highest BCUT2D eigenvalue weighted by Crippen LogP contribution is 2.23. The largest absolute Gasteiger partial charge is 0.324 e. The molecule has 2 amide bonds. The van der Waals surface area contributed by atoms with Crippen molar-refractivity contribution in [2.24, 2.45) is 11.8 Å². The Hall–Kier alpha value is -1.22. The van der Waals surface area contributed by atoms with Crippen LogP contribution in [0.1, 0.15) is 25.8 Å². The first-order chi connectivity index (χ1) is 8.95. The standard InChI is InChI=1S/C15H21ClN2O/c1-10-6-11(2)9-18(8-10)15(19)17-13-5-4-12(3)14(16)7-13/h4-5,7,10-11H,6,8-9H2,1-3H3,(H,17,19). The maximum absolute atomic E-state index is 12.2. The summed E-state index contributed by atoms with van der Waals surface area (Å²) in [6, 6.07) is 5.57. The van der Waals surface area contributed by atoms with Crippen molar-refractivity contribution in [1.82, 2.24) is 4.90 Å². The lowest BCUT2D eigenvalue weighted by Gasteiger charge is -2.34. The minimum Gasteiger partial charge on any atom is -0.324 e. The third-order valence-corrected chi connectivity index (χ3v) is 3.99. The third kappa shape index (κ3) is 3.63. The van der Waals surface area contributed by atoms with E-state index in [9.17, 15) is 4.79 Å². The van der Waals surface area contributed by atoms with Crippen LogP contribution >= 0.6 is 11.6 Å². The van der Waals surface area contributed by atoms with Gasteiger partial charge in [0.05, 0.1) is 0 Å². The molecule has 104 valence electrons. The molecule has 4 heteroatoms. The Kier molecular flexibility index (Phi) is 4.35. The van der Waals surface area contributed by atoms with Gasteiger partial charge in [-0.2, -0.15) is 0 Å². The molecule has 1 N–H and O–H groups in total. The molecule has 2 unspecified atom stereocenters. The number of anilines is 1. The molecule has 1 aromatic carbocycles. The number of piperidine rings is 1. The zero-order valence-corrected chi connectivity index (χ0v) is 12.5. The van der Waals surface area contributed by atoms with Crippen LogP contribution in [0.2, 0.25) is 5.02 Å². The van der Waals surface area contributed by atoms with E-state index in [2.05, 4.69) is 19.2 Å². The molecule has 0 radical (unpaired) electrons. The molecule has 1 aromatic rings. The maximum Gasteiger partial charge on any atom is 0.321 e. The highest BCUT2D eigenvalue weighted by molar-refractivity contribution is 6.31. The average molecular weight is 281 g/mol. The van der Waals surface area contributed by atoms with E-state index in [4.69, 9.17) is 11.6 Å². The summed E-state index contributed by atoms with van der Waals surface area (Å²) in [5, 5.41) is 3.60. The lowest BCUT2D eigenvalue weighted by Crippen LogP contribution is -2.44. The van der Waals surface area contributed by atoms with E-state index in [1.165, 1.54) is 6.42 Å². The number of benzene rings is 1. The molecule has 3 nitrogen and oxygen atoms in total. The van der Waals surface area contributed by atoms with Gasteiger partial charge in [0.2, 0.25) is 0 Å². The quantitative estimate of drug-likeness (QED) is 0.823. The smallest absolute Gasteiger partial charge is 0.321 e. The van der Waals surface area contributed by atoms with Crippen molar-refractivity contribution in [3.63, 3.8) is 0 Å². The molecule has 0 bridgehead atoms. The predicted molar refractivity (Wildman–Crippen MR) is 79.7 cm³/mol. The Labute approximate surface area is 119 Å². The number of aryl methyl sites for hydroxylation is 1. The number of rotatable bonds is 1. The molecule has 2 atom stereocenters. The van der Waals surface area contributed by atoms with Crippen molar-refractivity contribution >= 4 is 23.3 Å². The molecule has 1 aliphatic heterocycles. The fourth-order valence-corrected chi connectivity index (χ4v) is 2.88. The van der Waals surface area contributed by atoms with Gasteiger partial charge in [0.1, 0.15) is 0 Å². The number of carbonyl (C=O) groups is 1. The highest BCUT2D eigenvalue weighted by atomic mass is 35.5. The minimum atomic E-state index is -0.0293. The summed E-state index contributed by atoms with van der Waals surface area (Å²) in [4.78, 5) is 14.1. The summed E-state index contributed by atoms with van der Waals surface area (Å²) < 4.78 is 0. The van der Waals surface area contributed by atoms with E-state index < -0.39 is 0 Å². The lowest BCUT2D eigenvalue weighted by molar-refractivity contribution is 0.156. The zero-order chi connectivity index (χ0) is 14.0. The van der Waals surface area contributed by atoms with Crippen molar-refractivity contribution in [1.29, 1.82) is 0 Å². The molecule has 19 heavy (non-hydrogen) atoms. The number of hydrogen-bond acceptors (Lipinski definition) is 1. The van der Waals surface area contributed by atoms with E-state index in [1.54, 1.807) is 6.07 Å². The van der Waals surface area contributed by atoms with Gasteiger partial charge in [-0.15, -0.1) is 0 Å². The fraction of sp³-hybridized carbons (Fsp3) is 0.533. The van der Waals surface area contributed by atoms with Gasteiger partial charge in [0.25, 0.3) is 0 Å². The van der Waals surface area contributed by atoms with Crippen LogP contribution in [0.4, 0.5) is 10.5 Å². The Morgan fingerprint density at radius 1 is 1.32 bits per heavy atom. The summed E-state index contributed by atoms with van der Waals surface area (Å²) in [5.74, 6) is 1.13. The number of likely N-dealkylation sites (tertiary alicyclic amines) is 1. The SMILES string of the molecule is Cc1ccc(NC(=O)N2CC(C)CC(C)C2)cc1Cl. The second-order valence-corrected chi connectivity index (χ2v) is 6.15. The number of halogens is 1. The van der Waals surface area contributed by atoms with E-state index in [-0.39, 0.29) is 6.03 Å². The summed E-state index contributed by atoms with van der Waals surface area (Å²) in [6.07, 6.45) is 1.19. The third-order valence-electron chi connectivity index (χ3n) is 3.58. The number of urea groups is 1. The summed E-state index contributed by atoms with van der Waals surface area (Å²) in [5.41, 5.74) is 1.77. The van der Waals surface area contributed by atoms with Gasteiger partial charge >= 0.3 is 6.03 Å². The molecular weight excluding hydrogens is 260 g/mol. The van der Waals surface area contributed by atoms with Gasteiger partial charge in [0.15, 0.2) is 0 Å². The summed E-state index contributed by atoms with van der Waals surface area (Å²) in [6.45, 7) is 7.99. The van der Waals surface area contributed by atoms with Crippen LogP contribution in [-0.2, 0) is 0 Å². The highest BCUT2D eigenvalue weighted by Gasteiger charge is 2.25. The van der Waals surface area contributed by atoms with Crippen LogP contribution in [0.25, 0.3) is 0 Å². The van der Waals surface area contributed by atoms with Crippen molar-refractivity contribution in [3.8, 4) is 0 Å². The van der Waals surface area contributed by atoms with Crippen LogP contribution in [0.3, 0.4) is 0 Å². The first kappa shape index (κ1) is 14.2. The van der Waals surface area contributed by atoms with Crippen molar-refractivity contribution in [3.05, 3.63) is 28.8 Å². The van der Waals surface area contributed by atoms with Gasteiger partial charge in [-0.25, -0.2) is 4.79 Å². The van der Waals surface area contributed by atoms with Crippen LogP contribution in [-0.4, -0.2) is 24.0 Å². The summed E-state index contributed by atoms with van der Waals surface area (Å²) in [7, 11) is 0. The Bertz CT molecular complexity index is 465. The second kappa shape index (κ2) is 5.83. The molecule has 2 rings (SSSR count). The first-order valence-corrected chi connectivity index (χ1v) is 7.15.